The SMILES string of the molecule is O=C(Nc1ccc(F)cc1Cl)NC1CCCCC1. The number of nitrogens with one attached hydrogen (secondary N) is 2. The fraction of sp³-hybridized carbons (Fsp3) is 0.462. The van der Waals surface area contributed by atoms with E-state index >= 15 is 0 Å². The lowest BCUT2D eigenvalue weighted by Gasteiger charge is -2.23. The molecule has 1 aromatic rings. The fourth-order valence-corrected chi connectivity index (χ4v) is 2.40. The summed E-state index contributed by atoms with van der Waals surface area (Å²) in [6.07, 6.45) is 5.59. The van der Waals surface area contributed by atoms with Gasteiger partial charge in [0.25, 0.3) is 0 Å². The monoisotopic (exact) mass is 270 g/mol. The number of benzene rings is 1. The highest BCUT2D eigenvalue weighted by molar-refractivity contribution is 6.33. The Bertz CT molecular complexity index is 433. The molecule has 0 unspecified atom stereocenters. The summed E-state index contributed by atoms with van der Waals surface area (Å²) >= 11 is 5.83. The van der Waals surface area contributed by atoms with Crippen molar-refractivity contribution < 1.29 is 9.18 Å². The molecule has 98 valence electrons. The van der Waals surface area contributed by atoms with Crippen LogP contribution in [0.3, 0.4) is 0 Å². The molecule has 0 heterocycles. The lowest BCUT2D eigenvalue weighted by Crippen LogP contribution is -2.39. The van der Waals surface area contributed by atoms with Gasteiger partial charge in [0.05, 0.1) is 10.7 Å². The van der Waals surface area contributed by atoms with Crippen LogP contribution in [0.25, 0.3) is 0 Å². The Morgan fingerprint density at radius 2 is 2.00 bits per heavy atom. The molecular weight excluding hydrogens is 255 g/mol. The average molecular weight is 271 g/mol. The van der Waals surface area contributed by atoms with Gasteiger partial charge >= 0.3 is 6.03 Å². The molecule has 0 atom stereocenters. The zero-order chi connectivity index (χ0) is 13.0. The van der Waals surface area contributed by atoms with Crippen molar-refractivity contribution in [3.63, 3.8) is 0 Å². The highest BCUT2D eigenvalue weighted by atomic mass is 35.5. The van der Waals surface area contributed by atoms with Crippen LogP contribution in [0, 0.1) is 5.82 Å². The molecule has 1 saturated carbocycles. The van der Waals surface area contributed by atoms with E-state index in [1.54, 1.807) is 0 Å². The van der Waals surface area contributed by atoms with Gasteiger partial charge in [-0.05, 0) is 31.0 Å². The molecule has 2 amide bonds. The molecule has 18 heavy (non-hydrogen) atoms. The minimum absolute atomic E-state index is 0.203. The molecule has 0 aliphatic heterocycles. The van der Waals surface area contributed by atoms with Gasteiger partial charge in [-0.25, -0.2) is 9.18 Å². The van der Waals surface area contributed by atoms with Crippen LogP contribution >= 0.6 is 11.6 Å². The van der Waals surface area contributed by atoms with Crippen molar-refractivity contribution in [2.75, 3.05) is 5.32 Å². The van der Waals surface area contributed by atoms with Gasteiger partial charge in [-0.1, -0.05) is 30.9 Å². The van der Waals surface area contributed by atoms with Crippen LogP contribution in [0.4, 0.5) is 14.9 Å². The lowest BCUT2D eigenvalue weighted by molar-refractivity contribution is 0.244. The third kappa shape index (κ3) is 3.60. The van der Waals surface area contributed by atoms with Crippen molar-refractivity contribution in [1.82, 2.24) is 5.32 Å². The molecule has 2 N–H and O–H groups in total. The van der Waals surface area contributed by atoms with Gasteiger partial charge < -0.3 is 10.6 Å². The van der Waals surface area contributed by atoms with Gasteiger partial charge in [0.2, 0.25) is 0 Å². The first-order valence-electron chi connectivity index (χ1n) is 6.18. The summed E-state index contributed by atoms with van der Waals surface area (Å²) in [7, 11) is 0. The first kappa shape index (κ1) is 13.1. The summed E-state index contributed by atoms with van der Waals surface area (Å²) in [6, 6.07) is 3.85. The number of carbonyl (C=O) groups is 1. The maximum absolute atomic E-state index is 12.8. The first-order chi connectivity index (χ1) is 8.65. The van der Waals surface area contributed by atoms with Crippen LogP contribution < -0.4 is 10.6 Å². The molecule has 0 saturated heterocycles. The Hall–Kier alpha value is -1.29. The molecule has 0 bridgehead atoms. The van der Waals surface area contributed by atoms with Gasteiger partial charge in [-0.2, -0.15) is 0 Å². The third-order valence-electron chi connectivity index (χ3n) is 3.12. The smallest absolute Gasteiger partial charge is 0.319 e. The van der Waals surface area contributed by atoms with E-state index < -0.39 is 5.82 Å². The molecule has 1 aliphatic rings. The predicted octanol–water partition coefficient (Wildman–Crippen LogP) is 3.93. The largest absolute Gasteiger partial charge is 0.335 e. The number of hydrogen-bond donors (Lipinski definition) is 2. The van der Waals surface area contributed by atoms with E-state index in [1.807, 2.05) is 0 Å². The summed E-state index contributed by atoms with van der Waals surface area (Å²) in [6.45, 7) is 0. The maximum Gasteiger partial charge on any atom is 0.319 e. The Morgan fingerprint density at radius 3 is 2.67 bits per heavy atom. The molecule has 5 heteroatoms. The Kier molecular flexibility index (Phi) is 4.42. The maximum atomic E-state index is 12.8. The zero-order valence-corrected chi connectivity index (χ0v) is 10.8. The van der Waals surface area contributed by atoms with Crippen molar-refractivity contribution in [2.45, 2.75) is 38.1 Å². The topological polar surface area (TPSA) is 41.1 Å². The Balaban J connectivity index is 1.90. The van der Waals surface area contributed by atoms with E-state index in [0.29, 0.717) is 5.69 Å². The van der Waals surface area contributed by atoms with Crippen molar-refractivity contribution >= 4 is 23.3 Å². The number of amides is 2. The minimum Gasteiger partial charge on any atom is -0.335 e. The van der Waals surface area contributed by atoms with Gasteiger partial charge in [0, 0.05) is 6.04 Å². The molecule has 0 radical (unpaired) electrons. The van der Waals surface area contributed by atoms with E-state index in [2.05, 4.69) is 10.6 Å². The van der Waals surface area contributed by atoms with Crippen LogP contribution in [-0.4, -0.2) is 12.1 Å². The second kappa shape index (κ2) is 6.05. The highest BCUT2D eigenvalue weighted by Crippen LogP contribution is 2.22. The van der Waals surface area contributed by atoms with E-state index in [-0.39, 0.29) is 17.1 Å². The number of urea groups is 1. The molecule has 0 spiro atoms. The fourth-order valence-electron chi connectivity index (χ4n) is 2.18. The number of anilines is 1. The molecule has 2 rings (SSSR count). The van der Waals surface area contributed by atoms with Crippen molar-refractivity contribution in [3.8, 4) is 0 Å². The summed E-state index contributed by atoms with van der Waals surface area (Å²) in [5.41, 5.74) is 0.423. The minimum atomic E-state index is -0.418. The van der Waals surface area contributed by atoms with E-state index in [9.17, 15) is 9.18 Å². The summed E-state index contributed by atoms with van der Waals surface area (Å²) < 4.78 is 12.8. The lowest BCUT2D eigenvalue weighted by atomic mass is 9.96. The first-order valence-corrected chi connectivity index (χ1v) is 6.55. The molecule has 1 fully saturated rings. The molecule has 3 nitrogen and oxygen atoms in total. The van der Waals surface area contributed by atoms with Crippen molar-refractivity contribution in [1.29, 1.82) is 0 Å². The number of hydrogen-bond acceptors (Lipinski definition) is 1. The van der Waals surface area contributed by atoms with Gasteiger partial charge in [-0.3, -0.25) is 0 Å². The summed E-state index contributed by atoms with van der Waals surface area (Å²) in [5.74, 6) is -0.418. The summed E-state index contributed by atoms with van der Waals surface area (Å²) in [4.78, 5) is 11.7. The van der Waals surface area contributed by atoms with Crippen molar-refractivity contribution in [3.05, 3.63) is 29.0 Å². The van der Waals surface area contributed by atoms with Crippen LogP contribution in [-0.2, 0) is 0 Å². The predicted molar refractivity (Wildman–Crippen MR) is 70.4 cm³/mol. The van der Waals surface area contributed by atoms with Crippen LogP contribution in [0.5, 0.6) is 0 Å². The third-order valence-corrected chi connectivity index (χ3v) is 3.43. The van der Waals surface area contributed by atoms with Gasteiger partial charge in [0.15, 0.2) is 0 Å². The number of halogens is 2. The van der Waals surface area contributed by atoms with E-state index in [0.717, 1.165) is 25.7 Å². The van der Waals surface area contributed by atoms with Gasteiger partial charge in [-0.15, -0.1) is 0 Å². The Labute approximate surface area is 111 Å². The van der Waals surface area contributed by atoms with Crippen LogP contribution in [0.2, 0.25) is 5.02 Å². The second-order valence-corrected chi connectivity index (χ2v) is 4.96. The zero-order valence-electron chi connectivity index (χ0n) is 10.0. The summed E-state index contributed by atoms with van der Waals surface area (Å²) in [5, 5.41) is 5.75. The average Bonchev–Trinajstić information content (AvgIpc) is 2.34. The van der Waals surface area contributed by atoms with Gasteiger partial charge in [0.1, 0.15) is 5.82 Å². The van der Waals surface area contributed by atoms with E-state index in [1.165, 1.54) is 24.6 Å². The molecule has 1 aromatic carbocycles. The Morgan fingerprint density at radius 1 is 1.28 bits per heavy atom. The molecule has 1 aliphatic carbocycles. The second-order valence-electron chi connectivity index (χ2n) is 4.56. The van der Waals surface area contributed by atoms with Crippen LogP contribution in [0.15, 0.2) is 18.2 Å². The van der Waals surface area contributed by atoms with Crippen LogP contribution in [0.1, 0.15) is 32.1 Å². The highest BCUT2D eigenvalue weighted by Gasteiger charge is 2.16. The molecular formula is C13H16ClFN2O. The molecule has 0 aromatic heterocycles. The van der Waals surface area contributed by atoms with Crippen molar-refractivity contribution in [2.24, 2.45) is 0 Å². The number of carbonyl (C=O) groups excluding carboxylic acids is 1. The normalized spacial score (nSPS) is 16.3. The quantitative estimate of drug-likeness (QED) is 0.840. The number of rotatable bonds is 2. The van der Waals surface area contributed by atoms with E-state index in [4.69, 9.17) is 11.6 Å². The standard InChI is InChI=1S/C13H16ClFN2O/c14-11-8-9(15)6-7-12(11)17-13(18)16-10-4-2-1-3-5-10/h6-8,10H,1-5H2,(H2,16,17,18).